The third-order valence-electron chi connectivity index (χ3n) is 5.45. The van der Waals surface area contributed by atoms with Crippen molar-refractivity contribution >= 4 is 0 Å². The molecule has 0 bridgehead atoms. The fourth-order valence-corrected chi connectivity index (χ4v) is 4.01. The topological polar surface area (TPSA) is 33.7 Å². The SMILES string of the molecule is CCOc1cc(C(c2ccccc2)N2CCNCC2)ccc1OCc1ccccc1. The van der Waals surface area contributed by atoms with Crippen molar-refractivity contribution in [3.8, 4) is 11.5 Å². The van der Waals surface area contributed by atoms with Crippen LogP contribution in [0.1, 0.15) is 29.7 Å². The van der Waals surface area contributed by atoms with Gasteiger partial charge in [0, 0.05) is 26.2 Å². The van der Waals surface area contributed by atoms with E-state index in [2.05, 4.69) is 70.9 Å². The maximum atomic E-state index is 6.11. The van der Waals surface area contributed by atoms with Crippen molar-refractivity contribution in [1.29, 1.82) is 0 Å². The summed E-state index contributed by atoms with van der Waals surface area (Å²) in [6.45, 7) is 7.22. The molecule has 1 fully saturated rings. The molecule has 0 amide bonds. The number of benzene rings is 3. The normalized spacial score (nSPS) is 15.5. The summed E-state index contributed by atoms with van der Waals surface area (Å²) in [6, 6.07) is 27.6. The zero-order chi connectivity index (χ0) is 20.6. The third-order valence-corrected chi connectivity index (χ3v) is 5.45. The predicted molar refractivity (Wildman–Crippen MR) is 121 cm³/mol. The molecule has 0 saturated carbocycles. The lowest BCUT2D eigenvalue weighted by molar-refractivity contribution is 0.197. The summed E-state index contributed by atoms with van der Waals surface area (Å²) in [6.07, 6.45) is 0. The fourth-order valence-electron chi connectivity index (χ4n) is 4.01. The molecule has 30 heavy (non-hydrogen) atoms. The summed E-state index contributed by atoms with van der Waals surface area (Å²) >= 11 is 0. The molecule has 1 saturated heterocycles. The molecule has 0 spiro atoms. The van der Waals surface area contributed by atoms with Crippen LogP contribution in [-0.4, -0.2) is 37.7 Å². The van der Waals surface area contributed by atoms with Gasteiger partial charge in [-0.2, -0.15) is 0 Å². The van der Waals surface area contributed by atoms with E-state index < -0.39 is 0 Å². The van der Waals surface area contributed by atoms with Gasteiger partial charge in [0.25, 0.3) is 0 Å². The zero-order valence-corrected chi connectivity index (χ0v) is 17.6. The first kappa shape index (κ1) is 20.5. The van der Waals surface area contributed by atoms with Crippen LogP contribution < -0.4 is 14.8 Å². The van der Waals surface area contributed by atoms with Crippen molar-refractivity contribution in [2.45, 2.75) is 19.6 Å². The molecule has 1 N–H and O–H groups in total. The highest BCUT2D eigenvalue weighted by Gasteiger charge is 2.25. The van der Waals surface area contributed by atoms with E-state index in [4.69, 9.17) is 9.47 Å². The van der Waals surface area contributed by atoms with Crippen molar-refractivity contribution in [2.75, 3.05) is 32.8 Å². The second kappa shape index (κ2) is 10.3. The number of nitrogens with zero attached hydrogens (tertiary/aromatic N) is 1. The Morgan fingerprint density at radius 1 is 0.800 bits per heavy atom. The molecule has 0 radical (unpaired) electrons. The van der Waals surface area contributed by atoms with Gasteiger partial charge in [0.05, 0.1) is 12.6 Å². The van der Waals surface area contributed by atoms with E-state index in [1.165, 1.54) is 11.1 Å². The third kappa shape index (κ3) is 5.02. The lowest BCUT2D eigenvalue weighted by Gasteiger charge is -2.35. The minimum absolute atomic E-state index is 0.204. The van der Waals surface area contributed by atoms with Crippen LogP contribution >= 0.6 is 0 Å². The van der Waals surface area contributed by atoms with Gasteiger partial charge in [0.1, 0.15) is 6.61 Å². The quantitative estimate of drug-likeness (QED) is 0.594. The highest BCUT2D eigenvalue weighted by Crippen LogP contribution is 2.36. The molecular weight excluding hydrogens is 372 g/mol. The van der Waals surface area contributed by atoms with Crippen LogP contribution in [0.4, 0.5) is 0 Å². The molecule has 1 aliphatic heterocycles. The van der Waals surface area contributed by atoms with E-state index in [0.717, 1.165) is 43.2 Å². The molecule has 4 nitrogen and oxygen atoms in total. The molecule has 156 valence electrons. The molecule has 4 heteroatoms. The zero-order valence-electron chi connectivity index (χ0n) is 17.6. The molecule has 0 aromatic heterocycles. The van der Waals surface area contributed by atoms with Crippen LogP contribution in [0.3, 0.4) is 0 Å². The van der Waals surface area contributed by atoms with Gasteiger partial charge in [0.2, 0.25) is 0 Å². The van der Waals surface area contributed by atoms with Gasteiger partial charge < -0.3 is 14.8 Å². The molecule has 3 aromatic rings. The Bertz CT molecular complexity index is 909. The Morgan fingerprint density at radius 2 is 1.50 bits per heavy atom. The van der Waals surface area contributed by atoms with E-state index >= 15 is 0 Å². The van der Waals surface area contributed by atoms with Crippen LogP contribution in [0.15, 0.2) is 78.9 Å². The highest BCUT2D eigenvalue weighted by molar-refractivity contribution is 5.46. The first-order valence-corrected chi connectivity index (χ1v) is 10.8. The second-order valence-electron chi connectivity index (χ2n) is 7.51. The predicted octanol–water partition coefficient (Wildman–Crippen LogP) is 4.66. The highest BCUT2D eigenvalue weighted by atomic mass is 16.5. The number of nitrogens with one attached hydrogen (secondary N) is 1. The monoisotopic (exact) mass is 402 g/mol. The molecule has 0 aliphatic carbocycles. The van der Waals surface area contributed by atoms with Crippen molar-refractivity contribution in [2.24, 2.45) is 0 Å². The summed E-state index contributed by atoms with van der Waals surface area (Å²) in [5.74, 6) is 1.60. The first-order valence-electron chi connectivity index (χ1n) is 10.8. The summed E-state index contributed by atoms with van der Waals surface area (Å²) in [5, 5.41) is 3.46. The summed E-state index contributed by atoms with van der Waals surface area (Å²) < 4.78 is 12.1. The van der Waals surface area contributed by atoms with E-state index in [1.54, 1.807) is 0 Å². The molecule has 3 aromatic carbocycles. The van der Waals surface area contributed by atoms with Gasteiger partial charge in [-0.15, -0.1) is 0 Å². The van der Waals surface area contributed by atoms with Gasteiger partial charge in [-0.3, -0.25) is 4.90 Å². The molecule has 1 atom stereocenters. The van der Waals surface area contributed by atoms with Crippen LogP contribution in [-0.2, 0) is 6.61 Å². The lowest BCUT2D eigenvalue weighted by Crippen LogP contribution is -2.45. The Balaban J connectivity index is 1.62. The Morgan fingerprint density at radius 3 is 2.20 bits per heavy atom. The Labute approximate surface area is 179 Å². The van der Waals surface area contributed by atoms with Gasteiger partial charge in [0.15, 0.2) is 11.5 Å². The lowest BCUT2D eigenvalue weighted by atomic mass is 9.96. The van der Waals surface area contributed by atoms with Crippen LogP contribution in [0.2, 0.25) is 0 Å². The minimum atomic E-state index is 0.204. The van der Waals surface area contributed by atoms with Gasteiger partial charge in [-0.1, -0.05) is 66.7 Å². The maximum Gasteiger partial charge on any atom is 0.161 e. The molecule has 1 unspecified atom stereocenters. The average Bonchev–Trinajstić information content (AvgIpc) is 2.81. The number of hydrogen-bond acceptors (Lipinski definition) is 4. The first-order chi connectivity index (χ1) is 14.8. The number of ether oxygens (including phenoxy) is 2. The van der Waals surface area contributed by atoms with Gasteiger partial charge >= 0.3 is 0 Å². The standard InChI is InChI=1S/C26H30N2O2/c1-2-29-25-19-23(13-14-24(25)30-20-21-9-5-3-6-10-21)26(22-11-7-4-8-12-22)28-17-15-27-16-18-28/h3-14,19,26-27H,2,15-18,20H2,1H3. The van der Waals surface area contributed by atoms with Crippen molar-refractivity contribution in [3.63, 3.8) is 0 Å². The van der Waals surface area contributed by atoms with Crippen molar-refractivity contribution < 1.29 is 9.47 Å². The number of hydrogen-bond donors (Lipinski definition) is 1. The van der Waals surface area contributed by atoms with E-state index in [9.17, 15) is 0 Å². The van der Waals surface area contributed by atoms with E-state index in [0.29, 0.717) is 13.2 Å². The molecule has 4 rings (SSSR count). The van der Waals surface area contributed by atoms with E-state index in [-0.39, 0.29) is 6.04 Å². The van der Waals surface area contributed by atoms with Crippen molar-refractivity contribution in [1.82, 2.24) is 10.2 Å². The summed E-state index contributed by atoms with van der Waals surface area (Å²) in [7, 11) is 0. The number of rotatable bonds is 8. The van der Waals surface area contributed by atoms with Crippen LogP contribution in [0, 0.1) is 0 Å². The van der Waals surface area contributed by atoms with Gasteiger partial charge in [-0.25, -0.2) is 0 Å². The Kier molecular flexibility index (Phi) is 7.01. The Hall–Kier alpha value is -2.82. The average molecular weight is 403 g/mol. The van der Waals surface area contributed by atoms with Crippen molar-refractivity contribution in [3.05, 3.63) is 95.6 Å². The summed E-state index contributed by atoms with van der Waals surface area (Å²) in [5.41, 5.74) is 3.69. The molecule has 1 aliphatic rings. The van der Waals surface area contributed by atoms with Crippen LogP contribution in [0.5, 0.6) is 11.5 Å². The minimum Gasteiger partial charge on any atom is -0.490 e. The fraction of sp³-hybridized carbons (Fsp3) is 0.308. The van der Waals surface area contributed by atoms with Gasteiger partial charge in [-0.05, 0) is 35.7 Å². The molecule has 1 heterocycles. The largest absolute Gasteiger partial charge is 0.490 e. The number of piperazine rings is 1. The summed E-state index contributed by atoms with van der Waals surface area (Å²) in [4.78, 5) is 2.54. The maximum absolute atomic E-state index is 6.11. The van der Waals surface area contributed by atoms with E-state index in [1.807, 2.05) is 25.1 Å². The second-order valence-corrected chi connectivity index (χ2v) is 7.51. The molecular formula is C26H30N2O2. The van der Waals surface area contributed by atoms with Crippen LogP contribution in [0.25, 0.3) is 0 Å². The smallest absolute Gasteiger partial charge is 0.161 e.